The molecule has 1 fully saturated rings. The molecule has 0 aliphatic carbocycles. The number of amides is 1. The van der Waals surface area contributed by atoms with Crippen LogP contribution >= 0.6 is 11.6 Å². The molecular formula is C22H27ClN2O4S. The minimum absolute atomic E-state index is 0.0111. The second kappa shape index (κ2) is 9.81. The van der Waals surface area contributed by atoms with E-state index in [1.165, 1.54) is 24.6 Å². The maximum atomic E-state index is 12.8. The number of ether oxygens (including phenoxy) is 1. The Bertz CT molecular complexity index is 987. The predicted octanol–water partition coefficient (Wildman–Crippen LogP) is 3.71. The van der Waals surface area contributed by atoms with E-state index >= 15 is 0 Å². The molecule has 3 rings (SSSR count). The van der Waals surface area contributed by atoms with E-state index in [9.17, 15) is 13.2 Å². The first-order valence-electron chi connectivity index (χ1n) is 9.95. The van der Waals surface area contributed by atoms with Gasteiger partial charge in [-0.2, -0.15) is 0 Å². The van der Waals surface area contributed by atoms with Gasteiger partial charge in [0.2, 0.25) is 0 Å². The molecule has 162 valence electrons. The summed E-state index contributed by atoms with van der Waals surface area (Å²) in [7, 11) is -1.80. The Morgan fingerprint density at radius 2 is 1.80 bits per heavy atom. The molecule has 2 aromatic rings. The summed E-state index contributed by atoms with van der Waals surface area (Å²) in [5, 5.41) is 3.17. The second-order valence-electron chi connectivity index (χ2n) is 7.51. The summed E-state index contributed by atoms with van der Waals surface area (Å²) in [6.45, 7) is 2.33. The average Bonchev–Trinajstić information content (AvgIpc) is 2.74. The standard InChI is InChI=1S/C22H27ClN2O4S/c1-29-17-8-6-16(7-9-17)21(25-12-4-3-5-13-25)15-24-22(26)19-14-18(30(2,27)28)10-11-20(19)23/h6-11,14,21H,3-5,12-13,15H2,1-2H3,(H,24,26)/t21-/m0/s1. The van der Waals surface area contributed by atoms with Gasteiger partial charge < -0.3 is 10.1 Å². The van der Waals surface area contributed by atoms with E-state index in [0.29, 0.717) is 6.54 Å². The molecule has 0 aromatic heterocycles. The van der Waals surface area contributed by atoms with Crippen molar-refractivity contribution in [1.82, 2.24) is 10.2 Å². The van der Waals surface area contributed by atoms with Gasteiger partial charge in [0.05, 0.1) is 28.6 Å². The van der Waals surface area contributed by atoms with Crippen LogP contribution in [0.15, 0.2) is 47.4 Å². The molecule has 1 aliphatic rings. The van der Waals surface area contributed by atoms with Crippen LogP contribution in [0.4, 0.5) is 0 Å². The minimum Gasteiger partial charge on any atom is -0.497 e. The van der Waals surface area contributed by atoms with Crippen molar-refractivity contribution in [1.29, 1.82) is 0 Å². The molecule has 1 amide bonds. The number of carbonyl (C=O) groups is 1. The summed E-state index contributed by atoms with van der Waals surface area (Å²) in [6, 6.07) is 12.1. The lowest BCUT2D eigenvalue weighted by molar-refractivity contribution is 0.0924. The third-order valence-corrected chi connectivity index (χ3v) is 6.84. The number of hydrogen-bond acceptors (Lipinski definition) is 5. The maximum Gasteiger partial charge on any atom is 0.252 e. The molecule has 30 heavy (non-hydrogen) atoms. The van der Waals surface area contributed by atoms with Crippen molar-refractivity contribution in [2.24, 2.45) is 0 Å². The first kappa shape index (κ1) is 22.6. The third kappa shape index (κ3) is 5.53. The van der Waals surface area contributed by atoms with Gasteiger partial charge in [-0.1, -0.05) is 30.2 Å². The maximum absolute atomic E-state index is 12.8. The van der Waals surface area contributed by atoms with E-state index in [4.69, 9.17) is 16.3 Å². The smallest absolute Gasteiger partial charge is 0.252 e. The molecule has 1 atom stereocenters. The van der Waals surface area contributed by atoms with Crippen LogP contribution in [0.3, 0.4) is 0 Å². The fourth-order valence-electron chi connectivity index (χ4n) is 3.71. The van der Waals surface area contributed by atoms with E-state index in [-0.39, 0.29) is 27.4 Å². The summed E-state index contributed by atoms with van der Waals surface area (Å²) in [4.78, 5) is 15.3. The van der Waals surface area contributed by atoms with Crippen LogP contribution in [0, 0.1) is 0 Å². The lowest BCUT2D eigenvalue weighted by Crippen LogP contribution is -2.40. The van der Waals surface area contributed by atoms with Gasteiger partial charge >= 0.3 is 0 Å². The molecule has 0 saturated carbocycles. The zero-order valence-electron chi connectivity index (χ0n) is 17.2. The zero-order chi connectivity index (χ0) is 21.7. The molecule has 6 nitrogen and oxygen atoms in total. The van der Waals surface area contributed by atoms with Crippen molar-refractivity contribution >= 4 is 27.3 Å². The number of sulfone groups is 1. The van der Waals surface area contributed by atoms with Gasteiger partial charge in [-0.25, -0.2) is 8.42 Å². The highest BCUT2D eigenvalue weighted by atomic mass is 35.5. The Balaban J connectivity index is 1.80. The van der Waals surface area contributed by atoms with Crippen LogP contribution in [0.2, 0.25) is 5.02 Å². The number of benzene rings is 2. The molecule has 1 N–H and O–H groups in total. The number of rotatable bonds is 7. The quantitative estimate of drug-likeness (QED) is 0.695. The number of hydrogen-bond donors (Lipinski definition) is 1. The Morgan fingerprint density at radius 3 is 2.40 bits per heavy atom. The van der Waals surface area contributed by atoms with Crippen molar-refractivity contribution in [3.63, 3.8) is 0 Å². The van der Waals surface area contributed by atoms with Crippen molar-refractivity contribution in [3.8, 4) is 5.75 Å². The molecule has 2 aromatic carbocycles. The summed E-state index contributed by atoms with van der Waals surface area (Å²) >= 11 is 6.18. The van der Waals surface area contributed by atoms with E-state index in [0.717, 1.165) is 43.5 Å². The molecular weight excluding hydrogens is 424 g/mol. The van der Waals surface area contributed by atoms with Gasteiger partial charge in [-0.15, -0.1) is 0 Å². The fraction of sp³-hybridized carbons (Fsp3) is 0.409. The normalized spacial score (nSPS) is 16.1. The number of carbonyl (C=O) groups excluding carboxylic acids is 1. The number of nitrogens with zero attached hydrogens (tertiary/aromatic N) is 1. The first-order chi connectivity index (χ1) is 14.3. The Kier molecular flexibility index (Phi) is 7.39. The van der Waals surface area contributed by atoms with Gasteiger partial charge in [0.25, 0.3) is 5.91 Å². The Hall–Kier alpha value is -2.09. The van der Waals surface area contributed by atoms with Crippen LogP contribution in [0.5, 0.6) is 5.75 Å². The van der Waals surface area contributed by atoms with Gasteiger partial charge in [0, 0.05) is 12.8 Å². The van der Waals surface area contributed by atoms with Gasteiger partial charge in [-0.05, 0) is 61.8 Å². The molecule has 1 heterocycles. The molecule has 8 heteroatoms. The summed E-state index contributed by atoms with van der Waals surface area (Å²) in [5.41, 5.74) is 1.25. The second-order valence-corrected chi connectivity index (χ2v) is 9.93. The average molecular weight is 451 g/mol. The fourth-order valence-corrected chi connectivity index (χ4v) is 4.56. The third-order valence-electron chi connectivity index (χ3n) is 5.40. The molecule has 1 saturated heterocycles. The predicted molar refractivity (Wildman–Crippen MR) is 118 cm³/mol. The summed E-state index contributed by atoms with van der Waals surface area (Å²) in [5.74, 6) is 0.394. The SMILES string of the molecule is COc1ccc([C@H](CNC(=O)c2cc(S(C)(=O)=O)ccc2Cl)N2CCCCC2)cc1. The lowest BCUT2D eigenvalue weighted by atomic mass is 10.0. The monoisotopic (exact) mass is 450 g/mol. The number of nitrogens with one attached hydrogen (secondary N) is 1. The van der Waals surface area contributed by atoms with Crippen LogP contribution in [-0.4, -0.2) is 52.2 Å². The lowest BCUT2D eigenvalue weighted by Gasteiger charge is -2.35. The van der Waals surface area contributed by atoms with Crippen molar-refractivity contribution in [3.05, 3.63) is 58.6 Å². The summed E-state index contributed by atoms with van der Waals surface area (Å²) < 4.78 is 28.9. The van der Waals surface area contributed by atoms with Crippen molar-refractivity contribution < 1.29 is 17.9 Å². The molecule has 0 unspecified atom stereocenters. The highest BCUT2D eigenvalue weighted by Gasteiger charge is 2.24. The van der Waals surface area contributed by atoms with Crippen molar-refractivity contribution in [2.75, 3.05) is 33.0 Å². The van der Waals surface area contributed by atoms with Crippen LogP contribution in [-0.2, 0) is 9.84 Å². The molecule has 0 radical (unpaired) electrons. The number of piperidine rings is 1. The largest absolute Gasteiger partial charge is 0.497 e. The number of likely N-dealkylation sites (tertiary alicyclic amines) is 1. The zero-order valence-corrected chi connectivity index (χ0v) is 18.8. The Morgan fingerprint density at radius 1 is 1.13 bits per heavy atom. The van der Waals surface area contributed by atoms with Gasteiger partial charge in [-0.3, -0.25) is 9.69 Å². The van der Waals surface area contributed by atoms with E-state index in [1.54, 1.807) is 7.11 Å². The molecule has 1 aliphatic heterocycles. The number of halogens is 1. The van der Waals surface area contributed by atoms with Gasteiger partial charge in [0.1, 0.15) is 5.75 Å². The first-order valence-corrected chi connectivity index (χ1v) is 12.2. The number of methoxy groups -OCH3 is 1. The van der Waals surface area contributed by atoms with Crippen molar-refractivity contribution in [2.45, 2.75) is 30.2 Å². The van der Waals surface area contributed by atoms with E-state index in [2.05, 4.69) is 10.2 Å². The highest BCUT2D eigenvalue weighted by molar-refractivity contribution is 7.90. The van der Waals surface area contributed by atoms with Gasteiger partial charge in [0.15, 0.2) is 9.84 Å². The minimum atomic E-state index is -3.43. The van der Waals surface area contributed by atoms with Crippen LogP contribution in [0.1, 0.15) is 41.2 Å². The van der Waals surface area contributed by atoms with E-state index < -0.39 is 9.84 Å². The Labute approximate surface area is 183 Å². The summed E-state index contributed by atoms with van der Waals surface area (Å²) in [6.07, 6.45) is 4.58. The topological polar surface area (TPSA) is 75.7 Å². The molecule has 0 spiro atoms. The molecule has 0 bridgehead atoms. The highest BCUT2D eigenvalue weighted by Crippen LogP contribution is 2.26. The van der Waals surface area contributed by atoms with Crippen LogP contribution in [0.25, 0.3) is 0 Å². The van der Waals surface area contributed by atoms with E-state index in [1.807, 2.05) is 24.3 Å². The van der Waals surface area contributed by atoms with Crippen LogP contribution < -0.4 is 10.1 Å².